The van der Waals surface area contributed by atoms with Gasteiger partial charge in [-0.05, 0) is 19.9 Å². The predicted octanol–water partition coefficient (Wildman–Crippen LogP) is 1.47. The third kappa shape index (κ3) is 3.37. The maximum Gasteiger partial charge on any atom is 0.125 e. The molecule has 0 aromatic rings. The van der Waals surface area contributed by atoms with E-state index in [2.05, 4.69) is 27.6 Å². The topological polar surface area (TPSA) is 40.3 Å². The molecule has 0 aromatic carbocycles. The van der Waals surface area contributed by atoms with Crippen LogP contribution in [0.25, 0.3) is 0 Å². The van der Waals surface area contributed by atoms with Crippen molar-refractivity contribution in [2.75, 3.05) is 13.2 Å². The lowest BCUT2D eigenvalue weighted by molar-refractivity contribution is 0.470. The molecule has 0 saturated heterocycles. The fourth-order valence-corrected chi connectivity index (χ4v) is 0.910. The molecule has 0 N–H and O–H groups in total. The molecule has 0 aliphatic carbocycles. The number of allylic oxidation sites excluding steroid dienone is 1. The van der Waals surface area contributed by atoms with E-state index in [0.29, 0.717) is 12.4 Å². The van der Waals surface area contributed by atoms with Gasteiger partial charge in [-0.2, -0.15) is 0 Å². The zero-order valence-electron chi connectivity index (χ0n) is 8.51. The highest BCUT2D eigenvalue weighted by Gasteiger charge is 1.95. The van der Waals surface area contributed by atoms with E-state index >= 15 is 0 Å². The Labute approximate surface area is 84.1 Å². The molecule has 0 spiro atoms. The molecule has 0 aromatic heterocycles. The molecule has 0 fully saturated rings. The summed E-state index contributed by atoms with van der Waals surface area (Å²) >= 11 is 0. The standard InChI is InChI=1S/C10H14N4/c1-3-5-10-6-11-7-12-8-14(4-2)9-13-10/h3,6-7,9H,4,8H2,1-2H3/b11-6-,12-7-,13-9-. The number of hydrogen-bond acceptors (Lipinski definition) is 4. The third-order valence-electron chi connectivity index (χ3n) is 1.67. The number of aliphatic imine (C=N–C) groups is 3. The maximum atomic E-state index is 4.23. The van der Waals surface area contributed by atoms with E-state index in [1.165, 1.54) is 6.34 Å². The Balaban J connectivity index is 2.89. The zero-order valence-corrected chi connectivity index (χ0v) is 8.51. The summed E-state index contributed by atoms with van der Waals surface area (Å²) in [6.45, 7) is 5.43. The zero-order chi connectivity index (χ0) is 10.2. The summed E-state index contributed by atoms with van der Waals surface area (Å²) in [5, 5.41) is 0. The summed E-state index contributed by atoms with van der Waals surface area (Å²) in [7, 11) is 0. The molecule has 14 heavy (non-hydrogen) atoms. The van der Waals surface area contributed by atoms with Crippen molar-refractivity contribution in [3.05, 3.63) is 17.5 Å². The molecule has 0 bridgehead atoms. The largest absolute Gasteiger partial charge is 0.343 e. The van der Waals surface area contributed by atoms with E-state index in [9.17, 15) is 0 Å². The normalized spacial score (nSPS) is 22.7. The van der Waals surface area contributed by atoms with E-state index in [1.807, 2.05) is 17.9 Å². The van der Waals surface area contributed by atoms with Crippen LogP contribution in [0.3, 0.4) is 0 Å². The van der Waals surface area contributed by atoms with E-state index in [0.717, 1.165) is 6.54 Å². The molecular weight excluding hydrogens is 176 g/mol. The Morgan fingerprint density at radius 3 is 3.21 bits per heavy atom. The Kier molecular flexibility index (Phi) is 4.38. The first-order valence-corrected chi connectivity index (χ1v) is 4.58. The second-order valence-corrected chi connectivity index (χ2v) is 2.69. The van der Waals surface area contributed by atoms with Crippen molar-refractivity contribution in [3.8, 4) is 0 Å². The summed E-state index contributed by atoms with van der Waals surface area (Å²) < 4.78 is 0. The van der Waals surface area contributed by atoms with Crippen LogP contribution in [0, 0.1) is 0 Å². The molecule has 0 amide bonds. The van der Waals surface area contributed by atoms with Crippen molar-refractivity contribution >= 4 is 18.9 Å². The molecule has 4 nitrogen and oxygen atoms in total. The maximum absolute atomic E-state index is 4.23. The van der Waals surface area contributed by atoms with E-state index in [1.54, 1.807) is 12.6 Å². The summed E-state index contributed by atoms with van der Waals surface area (Å²) in [6.07, 6.45) is 6.75. The molecule has 74 valence electrons. The van der Waals surface area contributed by atoms with Crippen LogP contribution in [0.1, 0.15) is 13.8 Å². The van der Waals surface area contributed by atoms with Crippen LogP contribution in [0.15, 0.2) is 32.5 Å². The van der Waals surface area contributed by atoms with Crippen LogP contribution in [-0.4, -0.2) is 37.0 Å². The van der Waals surface area contributed by atoms with Gasteiger partial charge in [0.25, 0.3) is 0 Å². The van der Waals surface area contributed by atoms with Gasteiger partial charge in [0.1, 0.15) is 18.7 Å². The first kappa shape index (κ1) is 10.4. The van der Waals surface area contributed by atoms with Gasteiger partial charge in [0, 0.05) is 6.54 Å². The molecule has 1 aliphatic rings. The van der Waals surface area contributed by atoms with Crippen LogP contribution in [0.5, 0.6) is 0 Å². The average Bonchev–Trinajstić information content (AvgIpc) is 2.31. The monoisotopic (exact) mass is 190 g/mol. The van der Waals surface area contributed by atoms with Gasteiger partial charge in [-0.3, -0.25) is 4.99 Å². The summed E-state index contributed by atoms with van der Waals surface area (Å²) in [4.78, 5) is 14.3. The average molecular weight is 190 g/mol. The van der Waals surface area contributed by atoms with Crippen molar-refractivity contribution in [3.63, 3.8) is 0 Å². The van der Waals surface area contributed by atoms with E-state index in [4.69, 9.17) is 0 Å². The quantitative estimate of drug-likeness (QED) is 0.577. The van der Waals surface area contributed by atoms with Crippen molar-refractivity contribution in [1.82, 2.24) is 4.90 Å². The van der Waals surface area contributed by atoms with Crippen molar-refractivity contribution < 1.29 is 0 Å². The Hall–Kier alpha value is -1.67. The molecule has 1 heterocycles. The van der Waals surface area contributed by atoms with Gasteiger partial charge >= 0.3 is 0 Å². The van der Waals surface area contributed by atoms with Gasteiger partial charge in [-0.15, -0.1) is 0 Å². The van der Waals surface area contributed by atoms with Gasteiger partial charge in [0.2, 0.25) is 0 Å². The van der Waals surface area contributed by atoms with Gasteiger partial charge < -0.3 is 4.90 Å². The molecule has 4 heteroatoms. The first-order valence-electron chi connectivity index (χ1n) is 4.58. The highest BCUT2D eigenvalue weighted by molar-refractivity contribution is 5.86. The first-order chi connectivity index (χ1) is 6.86. The Bertz CT molecular complexity index is 319. The van der Waals surface area contributed by atoms with Crippen molar-refractivity contribution in [1.29, 1.82) is 0 Å². The summed E-state index contributed by atoms with van der Waals surface area (Å²) in [5.74, 6) is 0. The minimum Gasteiger partial charge on any atom is -0.343 e. The van der Waals surface area contributed by atoms with E-state index < -0.39 is 0 Å². The SMILES string of the molecule is CC=C=C1/C=N\C=N/CN(CC)/C=N\1. The summed E-state index contributed by atoms with van der Waals surface area (Å²) in [5.41, 5.74) is 3.69. The molecule has 1 aliphatic heterocycles. The van der Waals surface area contributed by atoms with E-state index in [-0.39, 0.29) is 0 Å². The molecule has 0 atom stereocenters. The second kappa shape index (κ2) is 5.89. The Morgan fingerprint density at radius 1 is 1.64 bits per heavy atom. The van der Waals surface area contributed by atoms with Crippen LogP contribution in [0.2, 0.25) is 0 Å². The van der Waals surface area contributed by atoms with Crippen molar-refractivity contribution in [2.24, 2.45) is 15.0 Å². The smallest absolute Gasteiger partial charge is 0.125 e. The van der Waals surface area contributed by atoms with Crippen LogP contribution >= 0.6 is 0 Å². The van der Waals surface area contributed by atoms with Gasteiger partial charge in [-0.1, -0.05) is 5.73 Å². The molecule has 0 radical (unpaired) electrons. The lowest BCUT2D eigenvalue weighted by Gasteiger charge is -2.12. The molecule has 0 saturated carbocycles. The predicted molar refractivity (Wildman–Crippen MR) is 60.0 cm³/mol. The molecule has 0 unspecified atom stereocenters. The Morgan fingerprint density at radius 2 is 2.50 bits per heavy atom. The highest BCUT2D eigenvalue weighted by Crippen LogP contribution is 1.93. The van der Waals surface area contributed by atoms with Crippen molar-refractivity contribution in [2.45, 2.75) is 13.8 Å². The number of hydrogen-bond donors (Lipinski definition) is 0. The molecular formula is C10H14N4. The van der Waals surface area contributed by atoms with Gasteiger partial charge in [0.05, 0.1) is 12.6 Å². The minimum atomic E-state index is 0.598. The van der Waals surface area contributed by atoms with Crippen LogP contribution in [-0.2, 0) is 0 Å². The number of nitrogens with zero attached hydrogens (tertiary/aromatic N) is 4. The fraction of sp³-hybridized carbons (Fsp3) is 0.400. The second-order valence-electron chi connectivity index (χ2n) is 2.69. The number of rotatable bonds is 1. The highest BCUT2D eigenvalue weighted by atomic mass is 15.2. The molecule has 1 rings (SSSR count). The minimum absolute atomic E-state index is 0.598. The lowest BCUT2D eigenvalue weighted by atomic mass is 10.5. The van der Waals surface area contributed by atoms with Crippen LogP contribution in [0.4, 0.5) is 0 Å². The van der Waals surface area contributed by atoms with Gasteiger partial charge in [0.15, 0.2) is 0 Å². The van der Waals surface area contributed by atoms with Gasteiger partial charge in [-0.25, -0.2) is 9.98 Å². The lowest BCUT2D eigenvalue weighted by Crippen LogP contribution is -2.21. The summed E-state index contributed by atoms with van der Waals surface area (Å²) in [6, 6.07) is 0. The fourth-order valence-electron chi connectivity index (χ4n) is 0.910. The third-order valence-corrected chi connectivity index (χ3v) is 1.67. The van der Waals surface area contributed by atoms with Crippen LogP contribution < -0.4 is 0 Å².